The molecule has 24 heavy (non-hydrogen) atoms. The van der Waals surface area contributed by atoms with Crippen molar-refractivity contribution >= 4 is 40.5 Å². The second kappa shape index (κ2) is 8.83. The summed E-state index contributed by atoms with van der Waals surface area (Å²) in [7, 11) is 3.74. The Kier molecular flexibility index (Phi) is 6.51. The van der Waals surface area contributed by atoms with Gasteiger partial charge in [0, 0.05) is 14.1 Å². The van der Waals surface area contributed by atoms with E-state index in [0.717, 1.165) is 10.6 Å². The molecule has 1 aromatic carbocycles. The van der Waals surface area contributed by atoms with Gasteiger partial charge in [-0.15, -0.1) is 11.3 Å². The van der Waals surface area contributed by atoms with Crippen LogP contribution in [0.5, 0.6) is 0 Å². The molecule has 0 saturated heterocycles. The van der Waals surface area contributed by atoms with Gasteiger partial charge in [0.05, 0.1) is 35.3 Å². The summed E-state index contributed by atoms with van der Waals surface area (Å²) in [6.07, 6.45) is 3.31. The number of ether oxygens (including phenoxy) is 1. The number of aliphatic imine (C=N–C) groups is 1. The fraction of sp³-hybridized carbons (Fsp3) is 0.235. The molecule has 126 valence electrons. The van der Waals surface area contributed by atoms with Gasteiger partial charge in [0.15, 0.2) is 0 Å². The van der Waals surface area contributed by atoms with Gasteiger partial charge in [-0.05, 0) is 25.1 Å². The molecule has 0 amide bonds. The molecule has 0 aliphatic carbocycles. The monoisotopic (exact) mass is 344 g/mol. The summed E-state index contributed by atoms with van der Waals surface area (Å²) >= 11 is 1.38. The lowest BCUT2D eigenvalue weighted by atomic mass is 10.3. The first-order valence-electron chi connectivity index (χ1n) is 7.46. The number of hydrogen-bond acceptors (Lipinski definition) is 6. The maximum atomic E-state index is 12.1. The summed E-state index contributed by atoms with van der Waals surface area (Å²) in [5.74, 6) is -0.379. The first-order valence-corrected chi connectivity index (χ1v) is 8.27. The van der Waals surface area contributed by atoms with E-state index in [1.807, 2.05) is 44.4 Å². The van der Waals surface area contributed by atoms with Crippen molar-refractivity contribution in [1.29, 1.82) is 0 Å². The van der Waals surface area contributed by atoms with Crippen molar-refractivity contribution in [2.45, 2.75) is 6.92 Å². The largest absolute Gasteiger partial charge is 0.462 e. The number of hydrazone groups is 1. The van der Waals surface area contributed by atoms with Gasteiger partial charge in [0.1, 0.15) is 5.00 Å². The van der Waals surface area contributed by atoms with Gasteiger partial charge in [-0.1, -0.05) is 18.2 Å². The minimum Gasteiger partial charge on any atom is -0.462 e. The van der Waals surface area contributed by atoms with Crippen LogP contribution in [0.4, 0.5) is 10.7 Å². The Hall–Kier alpha value is -2.67. The summed E-state index contributed by atoms with van der Waals surface area (Å²) in [6, 6.07) is 11.4. The molecular weight excluding hydrogens is 324 g/mol. The summed E-state index contributed by atoms with van der Waals surface area (Å²) in [5, 5.41) is 4.79. The third-order valence-electron chi connectivity index (χ3n) is 2.79. The van der Waals surface area contributed by atoms with E-state index >= 15 is 0 Å². The third kappa shape index (κ3) is 5.20. The summed E-state index contributed by atoms with van der Waals surface area (Å²) < 4.78 is 5.08. The molecule has 0 aliphatic heterocycles. The van der Waals surface area contributed by atoms with Gasteiger partial charge in [0.25, 0.3) is 0 Å². The lowest BCUT2D eigenvalue weighted by Gasteiger charge is -2.02. The molecule has 0 saturated carbocycles. The first kappa shape index (κ1) is 17.7. The molecule has 2 aromatic rings. The van der Waals surface area contributed by atoms with E-state index in [-0.39, 0.29) is 5.97 Å². The smallest absolute Gasteiger partial charge is 0.341 e. The average molecular weight is 344 g/mol. The van der Waals surface area contributed by atoms with E-state index in [4.69, 9.17) is 4.74 Å². The van der Waals surface area contributed by atoms with Crippen LogP contribution in [0.3, 0.4) is 0 Å². The third-order valence-corrected chi connectivity index (χ3v) is 3.77. The van der Waals surface area contributed by atoms with Crippen LogP contribution >= 0.6 is 11.3 Å². The number of carbonyl (C=O) groups excluding carboxylic acids is 1. The predicted octanol–water partition coefficient (Wildman–Crippen LogP) is 3.59. The molecular formula is C17H20N4O2S. The molecule has 0 bridgehead atoms. The Morgan fingerprint density at radius 1 is 1.33 bits per heavy atom. The van der Waals surface area contributed by atoms with Gasteiger partial charge >= 0.3 is 5.97 Å². The first-order chi connectivity index (χ1) is 11.6. The van der Waals surface area contributed by atoms with Crippen molar-refractivity contribution in [2.75, 3.05) is 26.1 Å². The van der Waals surface area contributed by atoms with Crippen LogP contribution in [0.15, 0.2) is 46.5 Å². The number of esters is 1. The fourth-order valence-electron chi connectivity index (χ4n) is 1.77. The molecule has 2 rings (SSSR count). The van der Waals surface area contributed by atoms with E-state index in [2.05, 4.69) is 15.5 Å². The van der Waals surface area contributed by atoms with Crippen LogP contribution in [0.1, 0.15) is 22.2 Å². The zero-order valence-corrected chi connectivity index (χ0v) is 14.7. The number of para-hydroxylation sites is 1. The Morgan fingerprint density at radius 2 is 2.08 bits per heavy atom. The van der Waals surface area contributed by atoms with Crippen LogP contribution < -0.4 is 5.43 Å². The van der Waals surface area contributed by atoms with Gasteiger partial charge in [-0.2, -0.15) is 5.10 Å². The maximum Gasteiger partial charge on any atom is 0.341 e. The number of benzene rings is 1. The number of rotatable bonds is 7. The molecule has 0 atom stereocenters. The quantitative estimate of drug-likeness (QED) is 0.361. The lowest BCUT2D eigenvalue weighted by molar-refractivity contribution is 0.0528. The highest BCUT2D eigenvalue weighted by Crippen LogP contribution is 2.30. The standard InChI is InChI=1S/C17H20N4O2S/c1-4-23-17(22)15-10-14(24-16(15)18-12-21(2)3)11-19-20-13-8-6-5-7-9-13/h5-12,20H,4H2,1-3H3/b18-12+,19-11+. The van der Waals surface area contributed by atoms with Gasteiger partial charge in [0.2, 0.25) is 0 Å². The molecule has 6 nitrogen and oxygen atoms in total. The van der Waals surface area contributed by atoms with Crippen molar-refractivity contribution in [3.8, 4) is 0 Å². The topological polar surface area (TPSA) is 66.3 Å². The number of nitrogens with zero attached hydrogens (tertiary/aromatic N) is 3. The Balaban J connectivity index is 2.17. The van der Waals surface area contributed by atoms with Crippen molar-refractivity contribution in [3.05, 3.63) is 46.8 Å². The number of hydrogen-bond donors (Lipinski definition) is 1. The zero-order valence-electron chi connectivity index (χ0n) is 13.9. The Bertz CT molecular complexity index is 723. The van der Waals surface area contributed by atoms with Crippen LogP contribution in [-0.4, -0.2) is 44.1 Å². The van der Waals surface area contributed by atoms with Crippen LogP contribution in [0, 0.1) is 0 Å². The average Bonchev–Trinajstić information content (AvgIpc) is 2.97. The molecule has 0 fully saturated rings. The fourth-order valence-corrected chi connectivity index (χ4v) is 2.62. The number of nitrogens with one attached hydrogen (secondary N) is 1. The molecule has 0 spiro atoms. The van der Waals surface area contributed by atoms with Gasteiger partial charge in [-0.3, -0.25) is 5.43 Å². The highest BCUT2D eigenvalue weighted by Gasteiger charge is 2.16. The van der Waals surface area contributed by atoms with Crippen LogP contribution in [-0.2, 0) is 4.74 Å². The lowest BCUT2D eigenvalue weighted by Crippen LogP contribution is -2.07. The van der Waals surface area contributed by atoms with Gasteiger partial charge < -0.3 is 9.64 Å². The molecule has 0 radical (unpaired) electrons. The Labute approximate surface area is 145 Å². The van der Waals surface area contributed by atoms with Crippen molar-refractivity contribution in [2.24, 2.45) is 10.1 Å². The maximum absolute atomic E-state index is 12.1. The zero-order chi connectivity index (χ0) is 17.4. The van der Waals surface area contributed by atoms with E-state index in [9.17, 15) is 4.79 Å². The summed E-state index contributed by atoms with van der Waals surface area (Å²) in [5.41, 5.74) is 4.28. The minimum absolute atomic E-state index is 0.324. The molecule has 1 aromatic heterocycles. The number of carbonyl (C=O) groups is 1. The summed E-state index contributed by atoms with van der Waals surface area (Å²) in [6.45, 7) is 2.10. The minimum atomic E-state index is -0.379. The van der Waals surface area contributed by atoms with E-state index in [0.29, 0.717) is 17.2 Å². The SMILES string of the molecule is CCOC(=O)c1cc(/C=N/Nc2ccccc2)sc1/N=C/N(C)C. The van der Waals surface area contributed by atoms with E-state index < -0.39 is 0 Å². The molecule has 0 unspecified atom stereocenters. The highest BCUT2D eigenvalue weighted by molar-refractivity contribution is 7.17. The van der Waals surface area contributed by atoms with Crippen LogP contribution in [0.2, 0.25) is 0 Å². The molecule has 7 heteroatoms. The Morgan fingerprint density at radius 3 is 2.75 bits per heavy atom. The molecule has 1 N–H and O–H groups in total. The van der Waals surface area contributed by atoms with E-state index in [1.54, 1.807) is 30.4 Å². The van der Waals surface area contributed by atoms with Crippen molar-refractivity contribution in [3.63, 3.8) is 0 Å². The number of thiophene rings is 1. The second-order valence-corrected chi connectivity index (χ2v) is 6.09. The second-order valence-electron chi connectivity index (χ2n) is 5.03. The van der Waals surface area contributed by atoms with Crippen molar-refractivity contribution < 1.29 is 9.53 Å². The highest BCUT2D eigenvalue weighted by atomic mass is 32.1. The molecule has 1 heterocycles. The molecule has 0 aliphatic rings. The van der Waals surface area contributed by atoms with Crippen LogP contribution in [0.25, 0.3) is 0 Å². The van der Waals surface area contributed by atoms with Crippen molar-refractivity contribution in [1.82, 2.24) is 4.90 Å². The summed E-state index contributed by atoms with van der Waals surface area (Å²) in [4.78, 5) is 19.0. The predicted molar refractivity (Wildman–Crippen MR) is 99.8 cm³/mol. The normalized spacial score (nSPS) is 11.1. The number of anilines is 1. The van der Waals surface area contributed by atoms with Gasteiger partial charge in [-0.25, -0.2) is 9.79 Å². The van der Waals surface area contributed by atoms with E-state index in [1.165, 1.54) is 11.3 Å².